The van der Waals surface area contributed by atoms with Crippen LogP contribution in [-0.2, 0) is 16.9 Å². The van der Waals surface area contributed by atoms with Gasteiger partial charge in [-0.3, -0.25) is 0 Å². The van der Waals surface area contributed by atoms with Gasteiger partial charge in [-0.2, -0.15) is 0 Å². The van der Waals surface area contributed by atoms with E-state index in [2.05, 4.69) is 30.2 Å². The number of aliphatic hydroxyl groups is 1. The number of rotatable bonds is 1. The first-order chi connectivity index (χ1) is 11.6. The number of ether oxygens (including phenoxy) is 1. The summed E-state index contributed by atoms with van der Waals surface area (Å²) < 4.78 is 6.13. The average molecular weight is 321 g/mol. The van der Waals surface area contributed by atoms with E-state index in [-0.39, 0.29) is 17.9 Å². The van der Waals surface area contributed by atoms with Crippen LogP contribution in [0.4, 0.5) is 0 Å². The SMILES string of the molecule is [B]C1=CC2OCc3ccccc3C(O)(C3CCN(C)CC3)C2C=C1. The van der Waals surface area contributed by atoms with Gasteiger partial charge >= 0.3 is 0 Å². The van der Waals surface area contributed by atoms with E-state index in [0.29, 0.717) is 12.1 Å². The molecule has 0 amide bonds. The summed E-state index contributed by atoms with van der Waals surface area (Å²) in [5.41, 5.74) is 1.93. The zero-order valence-electron chi connectivity index (χ0n) is 14.2. The first-order valence-electron chi connectivity index (χ1n) is 8.85. The van der Waals surface area contributed by atoms with Gasteiger partial charge in [0.25, 0.3) is 0 Å². The monoisotopic (exact) mass is 321 g/mol. The predicted molar refractivity (Wildman–Crippen MR) is 95.6 cm³/mol. The van der Waals surface area contributed by atoms with Crippen molar-refractivity contribution in [3.05, 3.63) is 59.1 Å². The largest absolute Gasteiger partial charge is 0.384 e. The second-order valence-electron chi connectivity index (χ2n) is 7.39. The fourth-order valence-corrected chi connectivity index (χ4v) is 4.57. The van der Waals surface area contributed by atoms with Gasteiger partial charge < -0.3 is 14.7 Å². The van der Waals surface area contributed by atoms with Gasteiger partial charge in [-0.25, -0.2) is 0 Å². The van der Waals surface area contributed by atoms with Crippen molar-refractivity contribution in [3.63, 3.8) is 0 Å². The summed E-state index contributed by atoms with van der Waals surface area (Å²) in [5, 5.41) is 12.1. The van der Waals surface area contributed by atoms with Crippen molar-refractivity contribution >= 4 is 7.85 Å². The Bertz CT molecular complexity index is 678. The number of likely N-dealkylation sites (tertiary alicyclic amines) is 1. The first-order valence-corrected chi connectivity index (χ1v) is 8.85. The second kappa shape index (κ2) is 6.18. The Balaban J connectivity index is 1.81. The Morgan fingerprint density at radius 2 is 2.00 bits per heavy atom. The maximum absolute atomic E-state index is 12.1. The smallest absolute Gasteiger partial charge is 0.113 e. The maximum Gasteiger partial charge on any atom is 0.113 e. The zero-order chi connectivity index (χ0) is 16.7. The third-order valence-electron chi connectivity index (χ3n) is 5.94. The van der Waals surface area contributed by atoms with Crippen LogP contribution < -0.4 is 0 Å². The molecule has 0 aromatic heterocycles. The molecule has 124 valence electrons. The van der Waals surface area contributed by atoms with E-state index in [1.807, 2.05) is 24.3 Å². The van der Waals surface area contributed by atoms with E-state index in [9.17, 15) is 5.11 Å². The highest BCUT2D eigenvalue weighted by atomic mass is 16.5. The van der Waals surface area contributed by atoms with Crippen LogP contribution in [0.15, 0.2) is 48.0 Å². The van der Waals surface area contributed by atoms with Gasteiger partial charge in [-0.1, -0.05) is 48.0 Å². The van der Waals surface area contributed by atoms with Gasteiger partial charge in [0.15, 0.2) is 0 Å². The molecule has 1 saturated heterocycles. The summed E-state index contributed by atoms with van der Waals surface area (Å²) in [5.74, 6) is 0.128. The molecule has 3 atom stereocenters. The van der Waals surface area contributed by atoms with Gasteiger partial charge in [0, 0.05) is 5.92 Å². The topological polar surface area (TPSA) is 32.7 Å². The summed E-state index contributed by atoms with van der Waals surface area (Å²) in [6.45, 7) is 2.56. The molecule has 3 nitrogen and oxygen atoms in total. The molecule has 0 bridgehead atoms. The van der Waals surface area contributed by atoms with Gasteiger partial charge in [-0.15, -0.1) is 0 Å². The standard InChI is InChI=1S/C20H24BNO2/c1-22-10-8-15(9-11-22)20(23)17-5-3-2-4-14(17)13-24-19-12-16(21)6-7-18(19)20/h2-7,12,15,18-19,23H,8-11,13H2,1H3. The molecule has 1 N–H and O–H groups in total. The molecular formula is C20H24BNO2. The fourth-order valence-electron chi connectivity index (χ4n) is 4.57. The van der Waals surface area contributed by atoms with Crippen molar-refractivity contribution in [2.24, 2.45) is 11.8 Å². The molecule has 3 unspecified atom stereocenters. The Morgan fingerprint density at radius 3 is 2.79 bits per heavy atom. The van der Waals surface area contributed by atoms with Crippen molar-refractivity contribution in [2.45, 2.75) is 31.2 Å². The number of fused-ring (bicyclic) bond motifs is 2. The highest BCUT2D eigenvalue weighted by Gasteiger charge is 2.50. The summed E-state index contributed by atoms with van der Waals surface area (Å²) in [4.78, 5) is 2.34. The van der Waals surface area contributed by atoms with Crippen LogP contribution in [0, 0.1) is 11.8 Å². The molecule has 1 aliphatic carbocycles. The molecule has 2 aliphatic heterocycles. The van der Waals surface area contributed by atoms with E-state index in [1.165, 1.54) is 0 Å². The van der Waals surface area contributed by atoms with E-state index < -0.39 is 5.60 Å². The Kier molecular flexibility index (Phi) is 4.15. The molecule has 0 spiro atoms. The number of hydrogen-bond donors (Lipinski definition) is 1. The van der Waals surface area contributed by atoms with Crippen LogP contribution in [0.1, 0.15) is 24.0 Å². The third kappa shape index (κ3) is 2.57. The van der Waals surface area contributed by atoms with Gasteiger partial charge in [0.2, 0.25) is 0 Å². The maximum atomic E-state index is 12.1. The van der Waals surface area contributed by atoms with Crippen LogP contribution >= 0.6 is 0 Å². The van der Waals surface area contributed by atoms with Gasteiger partial charge in [-0.05, 0) is 50.0 Å². The molecule has 2 radical (unpaired) electrons. The number of hydrogen-bond acceptors (Lipinski definition) is 3. The molecular weight excluding hydrogens is 297 g/mol. The molecule has 3 aliphatic rings. The van der Waals surface area contributed by atoms with E-state index in [1.54, 1.807) is 0 Å². The van der Waals surface area contributed by atoms with Crippen molar-refractivity contribution in [1.29, 1.82) is 0 Å². The Labute approximate surface area is 145 Å². The van der Waals surface area contributed by atoms with Crippen LogP contribution in [0.5, 0.6) is 0 Å². The minimum absolute atomic E-state index is 0.0955. The average Bonchev–Trinajstić information content (AvgIpc) is 2.71. The van der Waals surface area contributed by atoms with Crippen LogP contribution in [0.25, 0.3) is 0 Å². The normalized spacial score (nSPS) is 34.2. The lowest BCUT2D eigenvalue weighted by Gasteiger charge is -2.46. The van der Waals surface area contributed by atoms with E-state index >= 15 is 0 Å². The molecule has 1 aromatic carbocycles. The lowest BCUT2D eigenvalue weighted by molar-refractivity contribution is -0.108. The minimum Gasteiger partial charge on any atom is -0.384 e. The Morgan fingerprint density at radius 1 is 1.25 bits per heavy atom. The predicted octanol–water partition coefficient (Wildman–Crippen LogP) is 2.35. The number of piperidine rings is 1. The number of allylic oxidation sites excluding steroid dienone is 2. The lowest BCUT2D eigenvalue weighted by atomic mass is 9.65. The van der Waals surface area contributed by atoms with Gasteiger partial charge in [0.05, 0.1) is 12.7 Å². The zero-order valence-corrected chi connectivity index (χ0v) is 14.2. The summed E-state index contributed by atoms with van der Waals surface area (Å²) in [7, 11) is 8.14. The number of benzene rings is 1. The summed E-state index contributed by atoms with van der Waals surface area (Å²) in [6.07, 6.45) is 7.75. The molecule has 2 heterocycles. The second-order valence-corrected chi connectivity index (χ2v) is 7.39. The summed E-state index contributed by atoms with van der Waals surface area (Å²) in [6, 6.07) is 8.19. The number of nitrogens with zero attached hydrogens (tertiary/aromatic N) is 1. The highest BCUT2D eigenvalue weighted by Crippen LogP contribution is 2.48. The molecule has 1 aromatic rings. The first kappa shape index (κ1) is 16.1. The molecule has 0 saturated carbocycles. The van der Waals surface area contributed by atoms with Crippen molar-refractivity contribution in [1.82, 2.24) is 4.90 Å². The van der Waals surface area contributed by atoms with E-state index in [0.717, 1.165) is 37.1 Å². The van der Waals surface area contributed by atoms with Crippen molar-refractivity contribution in [3.8, 4) is 0 Å². The quantitative estimate of drug-likeness (QED) is 0.806. The minimum atomic E-state index is -0.910. The molecule has 24 heavy (non-hydrogen) atoms. The van der Waals surface area contributed by atoms with Gasteiger partial charge in [0.1, 0.15) is 13.4 Å². The summed E-state index contributed by atoms with van der Waals surface area (Å²) >= 11 is 0. The van der Waals surface area contributed by atoms with Crippen molar-refractivity contribution < 1.29 is 9.84 Å². The van der Waals surface area contributed by atoms with E-state index in [4.69, 9.17) is 12.6 Å². The highest BCUT2D eigenvalue weighted by molar-refractivity contribution is 6.23. The Hall–Kier alpha value is -1.36. The molecule has 4 rings (SSSR count). The van der Waals surface area contributed by atoms with Crippen LogP contribution in [0.3, 0.4) is 0 Å². The van der Waals surface area contributed by atoms with Crippen LogP contribution in [0.2, 0.25) is 0 Å². The van der Waals surface area contributed by atoms with Crippen molar-refractivity contribution in [2.75, 3.05) is 20.1 Å². The van der Waals surface area contributed by atoms with Crippen LogP contribution in [-0.4, -0.2) is 44.1 Å². The third-order valence-corrected chi connectivity index (χ3v) is 5.94. The lowest BCUT2D eigenvalue weighted by Crippen LogP contribution is -2.50. The molecule has 1 fully saturated rings. The fraction of sp³-hybridized carbons (Fsp3) is 0.500. The molecule has 4 heteroatoms.